The summed E-state index contributed by atoms with van der Waals surface area (Å²) in [6.07, 6.45) is 0. The Bertz CT molecular complexity index is 848. The molecule has 26 heavy (non-hydrogen) atoms. The van der Waals surface area contributed by atoms with E-state index >= 15 is 0 Å². The molecule has 0 aliphatic carbocycles. The van der Waals surface area contributed by atoms with Crippen LogP contribution in [0.25, 0.3) is 0 Å². The maximum absolute atomic E-state index is 12.5. The molecule has 1 N–H and O–H groups in total. The van der Waals surface area contributed by atoms with E-state index in [9.17, 15) is 4.79 Å². The topological polar surface area (TPSA) is 51.2 Å². The lowest BCUT2D eigenvalue weighted by atomic mass is 9.98. The third kappa shape index (κ3) is 4.86. The zero-order chi connectivity index (χ0) is 18.4. The number of aromatic nitrogens is 1. The number of thiazole rings is 1. The molecule has 1 aromatic heterocycles. The first-order valence-electron chi connectivity index (χ1n) is 8.19. The van der Waals surface area contributed by atoms with Crippen LogP contribution in [0.15, 0.2) is 64.3 Å². The molecule has 0 aliphatic rings. The van der Waals surface area contributed by atoms with Crippen molar-refractivity contribution in [3.05, 3.63) is 76.8 Å². The fourth-order valence-electron chi connectivity index (χ4n) is 2.53. The highest BCUT2D eigenvalue weighted by atomic mass is 32.2. The standard InChI is InChI=1S/C20H20N2O2S2/c1-14-12-25-20(21-14)26-13-18(23)22-19(15-6-4-3-5-7-15)16-8-10-17(24-2)11-9-16/h3-12,19H,13H2,1-2H3,(H,22,23)/t19-/m1/s1. The minimum absolute atomic E-state index is 0.0208. The summed E-state index contributed by atoms with van der Waals surface area (Å²) in [7, 11) is 1.64. The van der Waals surface area contributed by atoms with Gasteiger partial charge in [0.2, 0.25) is 5.91 Å². The van der Waals surface area contributed by atoms with Crippen molar-refractivity contribution in [1.29, 1.82) is 0 Å². The second-order valence-electron chi connectivity index (χ2n) is 5.73. The molecule has 2 aromatic carbocycles. The number of nitrogens with one attached hydrogen (secondary N) is 1. The Hall–Kier alpha value is -2.31. The number of benzene rings is 2. The van der Waals surface area contributed by atoms with Crippen molar-refractivity contribution in [3.8, 4) is 5.75 Å². The van der Waals surface area contributed by atoms with Crippen molar-refractivity contribution in [2.75, 3.05) is 12.9 Å². The van der Waals surface area contributed by atoms with Gasteiger partial charge in [0.05, 0.1) is 18.9 Å². The minimum Gasteiger partial charge on any atom is -0.497 e. The molecule has 1 atom stereocenters. The predicted molar refractivity (Wildman–Crippen MR) is 107 cm³/mol. The number of hydrogen-bond acceptors (Lipinski definition) is 5. The average Bonchev–Trinajstić information content (AvgIpc) is 3.10. The van der Waals surface area contributed by atoms with Gasteiger partial charge in [0, 0.05) is 11.1 Å². The van der Waals surface area contributed by atoms with Crippen molar-refractivity contribution in [1.82, 2.24) is 10.3 Å². The fourth-order valence-corrected chi connectivity index (χ4v) is 4.19. The first-order chi connectivity index (χ1) is 12.7. The summed E-state index contributed by atoms with van der Waals surface area (Å²) in [6.45, 7) is 1.95. The van der Waals surface area contributed by atoms with E-state index < -0.39 is 0 Å². The van der Waals surface area contributed by atoms with Crippen LogP contribution in [0.1, 0.15) is 22.9 Å². The Balaban J connectivity index is 1.73. The van der Waals surface area contributed by atoms with Crippen molar-refractivity contribution in [2.24, 2.45) is 0 Å². The molecule has 1 heterocycles. The van der Waals surface area contributed by atoms with E-state index in [1.807, 2.05) is 66.9 Å². The number of amides is 1. The number of methoxy groups -OCH3 is 1. The Labute approximate surface area is 161 Å². The third-order valence-corrected chi connectivity index (χ3v) is 5.95. The van der Waals surface area contributed by atoms with Gasteiger partial charge in [-0.2, -0.15) is 0 Å². The maximum atomic E-state index is 12.5. The van der Waals surface area contributed by atoms with Gasteiger partial charge in [-0.25, -0.2) is 4.98 Å². The van der Waals surface area contributed by atoms with Gasteiger partial charge in [-0.05, 0) is 30.2 Å². The number of carbonyl (C=O) groups is 1. The summed E-state index contributed by atoms with van der Waals surface area (Å²) in [5.41, 5.74) is 3.04. The van der Waals surface area contributed by atoms with Crippen LogP contribution >= 0.6 is 23.1 Å². The summed E-state index contributed by atoms with van der Waals surface area (Å²) in [4.78, 5) is 16.9. The van der Waals surface area contributed by atoms with E-state index in [2.05, 4.69) is 10.3 Å². The number of hydrogen-bond donors (Lipinski definition) is 1. The van der Waals surface area contributed by atoms with Crippen LogP contribution in [0.3, 0.4) is 0 Å². The minimum atomic E-state index is -0.201. The van der Waals surface area contributed by atoms with E-state index in [1.165, 1.54) is 11.8 Å². The van der Waals surface area contributed by atoms with Crippen molar-refractivity contribution < 1.29 is 9.53 Å². The van der Waals surface area contributed by atoms with Crippen LogP contribution in [0.2, 0.25) is 0 Å². The number of carbonyl (C=O) groups excluding carboxylic acids is 1. The molecule has 0 unspecified atom stereocenters. The van der Waals surface area contributed by atoms with Gasteiger partial charge in [-0.15, -0.1) is 11.3 Å². The van der Waals surface area contributed by atoms with E-state index in [-0.39, 0.29) is 11.9 Å². The molecule has 0 fully saturated rings. The molecule has 1 amide bonds. The predicted octanol–water partition coefficient (Wildman–Crippen LogP) is 4.46. The number of ether oxygens (including phenoxy) is 1. The van der Waals surface area contributed by atoms with Crippen LogP contribution < -0.4 is 10.1 Å². The van der Waals surface area contributed by atoms with E-state index in [1.54, 1.807) is 18.4 Å². The van der Waals surface area contributed by atoms with Crippen LogP contribution in [0.4, 0.5) is 0 Å². The molecule has 0 spiro atoms. The molecule has 0 saturated carbocycles. The molecule has 0 aliphatic heterocycles. The van der Waals surface area contributed by atoms with Gasteiger partial charge in [0.15, 0.2) is 4.34 Å². The van der Waals surface area contributed by atoms with E-state index in [0.29, 0.717) is 5.75 Å². The second kappa shape index (κ2) is 8.87. The molecular weight excluding hydrogens is 364 g/mol. The average molecular weight is 385 g/mol. The number of aryl methyl sites for hydroxylation is 1. The highest BCUT2D eigenvalue weighted by Gasteiger charge is 2.17. The smallest absolute Gasteiger partial charge is 0.231 e. The van der Waals surface area contributed by atoms with Gasteiger partial charge in [-0.1, -0.05) is 54.2 Å². The van der Waals surface area contributed by atoms with Crippen molar-refractivity contribution >= 4 is 29.0 Å². The van der Waals surface area contributed by atoms with E-state index in [0.717, 1.165) is 26.9 Å². The second-order valence-corrected chi connectivity index (χ2v) is 7.81. The lowest BCUT2D eigenvalue weighted by Crippen LogP contribution is -2.30. The summed E-state index contributed by atoms with van der Waals surface area (Å²) >= 11 is 3.03. The zero-order valence-electron chi connectivity index (χ0n) is 14.6. The molecule has 6 heteroatoms. The van der Waals surface area contributed by atoms with Gasteiger partial charge in [-0.3, -0.25) is 4.79 Å². The largest absolute Gasteiger partial charge is 0.497 e. The van der Waals surface area contributed by atoms with Crippen LogP contribution in [-0.2, 0) is 4.79 Å². The monoisotopic (exact) mass is 384 g/mol. The summed E-state index contributed by atoms with van der Waals surface area (Å²) in [5, 5.41) is 5.13. The molecule has 0 bridgehead atoms. The van der Waals surface area contributed by atoms with E-state index in [4.69, 9.17) is 4.74 Å². The lowest BCUT2D eigenvalue weighted by Gasteiger charge is -2.20. The zero-order valence-corrected chi connectivity index (χ0v) is 16.3. The molecule has 0 radical (unpaired) electrons. The highest BCUT2D eigenvalue weighted by Crippen LogP contribution is 2.26. The summed E-state index contributed by atoms with van der Waals surface area (Å²) in [6, 6.07) is 17.5. The van der Waals surface area contributed by atoms with Gasteiger partial charge >= 0.3 is 0 Å². The Morgan fingerprint density at radius 3 is 2.46 bits per heavy atom. The quantitative estimate of drug-likeness (QED) is 0.611. The van der Waals surface area contributed by atoms with Crippen molar-refractivity contribution in [2.45, 2.75) is 17.3 Å². The molecule has 4 nitrogen and oxygen atoms in total. The van der Waals surface area contributed by atoms with Gasteiger partial charge < -0.3 is 10.1 Å². The Kier molecular flexibility index (Phi) is 6.30. The summed E-state index contributed by atoms with van der Waals surface area (Å²) < 4.78 is 6.14. The maximum Gasteiger partial charge on any atom is 0.231 e. The SMILES string of the molecule is COc1ccc([C@H](NC(=O)CSc2nc(C)cs2)c2ccccc2)cc1. The summed E-state index contributed by atoms with van der Waals surface area (Å²) in [5.74, 6) is 1.11. The molecule has 3 rings (SSSR count). The molecular formula is C20H20N2O2S2. The van der Waals surface area contributed by atoms with Crippen molar-refractivity contribution in [3.63, 3.8) is 0 Å². The number of thioether (sulfide) groups is 1. The van der Waals surface area contributed by atoms with Gasteiger partial charge in [0.1, 0.15) is 5.75 Å². The first kappa shape index (κ1) is 18.5. The van der Waals surface area contributed by atoms with Gasteiger partial charge in [0.25, 0.3) is 0 Å². The number of nitrogens with zero attached hydrogens (tertiary/aromatic N) is 1. The Morgan fingerprint density at radius 1 is 1.15 bits per heavy atom. The third-order valence-electron chi connectivity index (χ3n) is 3.81. The first-order valence-corrected chi connectivity index (χ1v) is 10.1. The van der Waals surface area contributed by atoms with Crippen LogP contribution in [-0.4, -0.2) is 23.8 Å². The normalized spacial score (nSPS) is 11.8. The fraction of sp³-hybridized carbons (Fsp3) is 0.200. The highest BCUT2D eigenvalue weighted by molar-refractivity contribution is 8.01. The molecule has 134 valence electrons. The van der Waals surface area contributed by atoms with Crippen LogP contribution in [0, 0.1) is 6.92 Å². The molecule has 0 saturated heterocycles. The lowest BCUT2D eigenvalue weighted by molar-refractivity contribution is -0.119. The number of rotatable bonds is 7. The Morgan fingerprint density at radius 2 is 1.85 bits per heavy atom. The van der Waals surface area contributed by atoms with Crippen LogP contribution in [0.5, 0.6) is 5.75 Å². The molecule has 3 aromatic rings.